The van der Waals surface area contributed by atoms with Crippen molar-refractivity contribution in [2.45, 2.75) is 0 Å². The molecule has 7 rings (SSSR count). The quantitative estimate of drug-likeness (QED) is 0.174. The highest BCUT2D eigenvalue weighted by atomic mass is 16.3. The SMILES string of the molecule is O=C1C(=Cc2cn(-c3ccccc3)nc2-c2ccccc2)C=C(c2ccccc2)N1N=Cc1cc2ccccc2nc1O. The zero-order chi connectivity index (χ0) is 29.2. The van der Waals surface area contributed by atoms with Crippen molar-refractivity contribution in [2.24, 2.45) is 5.10 Å². The summed E-state index contributed by atoms with van der Waals surface area (Å²) in [7, 11) is 0. The summed E-state index contributed by atoms with van der Waals surface area (Å²) < 4.78 is 1.82. The fraction of sp³-hybridized carbons (Fsp3) is 0. The zero-order valence-electron chi connectivity index (χ0n) is 22.9. The van der Waals surface area contributed by atoms with E-state index in [2.05, 4.69) is 10.1 Å². The summed E-state index contributed by atoms with van der Waals surface area (Å²) in [6.07, 6.45) is 7.08. The van der Waals surface area contributed by atoms with Crippen molar-refractivity contribution in [3.05, 3.63) is 156 Å². The van der Waals surface area contributed by atoms with E-state index in [0.717, 1.165) is 33.5 Å². The predicted octanol–water partition coefficient (Wildman–Crippen LogP) is 7.09. The number of hydrogen-bond acceptors (Lipinski definition) is 5. The standard InChI is InChI=1S/C36H25N5O2/c42-35-29(20-27-16-10-11-19-32(27)38-35)23-37-41-33(25-12-4-1-5-13-25)22-28(36(41)43)21-30-24-40(31-17-8-3-9-18-31)39-34(30)26-14-6-2-7-15-26/h1-24H,(H,38,42). The van der Waals surface area contributed by atoms with E-state index in [4.69, 9.17) is 5.10 Å². The number of carbonyl (C=O) groups is 1. The first-order chi connectivity index (χ1) is 21.1. The number of pyridine rings is 1. The van der Waals surface area contributed by atoms with Crippen molar-refractivity contribution in [1.29, 1.82) is 0 Å². The Hall–Kier alpha value is -6.08. The summed E-state index contributed by atoms with van der Waals surface area (Å²) in [5, 5.41) is 22.2. The van der Waals surface area contributed by atoms with Crippen LogP contribution in [0.25, 0.3) is 39.6 Å². The Kier molecular flexibility index (Phi) is 6.65. The maximum Gasteiger partial charge on any atom is 0.278 e. The van der Waals surface area contributed by atoms with Crippen LogP contribution in [0.1, 0.15) is 16.7 Å². The van der Waals surface area contributed by atoms with E-state index in [-0.39, 0.29) is 11.8 Å². The first-order valence-corrected chi connectivity index (χ1v) is 13.8. The molecule has 0 saturated heterocycles. The summed E-state index contributed by atoms with van der Waals surface area (Å²) in [5.41, 5.74) is 6.41. The number of amides is 1. The Morgan fingerprint density at radius 3 is 2.14 bits per heavy atom. The van der Waals surface area contributed by atoms with Gasteiger partial charge in [0.2, 0.25) is 5.88 Å². The molecule has 0 fully saturated rings. The minimum absolute atomic E-state index is 0.157. The highest BCUT2D eigenvalue weighted by Gasteiger charge is 2.29. The number of hydrogen-bond donors (Lipinski definition) is 1. The minimum Gasteiger partial charge on any atom is -0.493 e. The lowest BCUT2D eigenvalue weighted by Crippen LogP contribution is -2.20. The molecular formula is C36H25N5O2. The smallest absolute Gasteiger partial charge is 0.278 e. The molecule has 1 aliphatic rings. The van der Waals surface area contributed by atoms with E-state index in [0.29, 0.717) is 22.4 Å². The monoisotopic (exact) mass is 559 g/mol. The molecule has 0 saturated carbocycles. The van der Waals surface area contributed by atoms with E-state index in [9.17, 15) is 9.90 Å². The van der Waals surface area contributed by atoms with Crippen LogP contribution in [0.4, 0.5) is 0 Å². The number of fused-ring (bicyclic) bond motifs is 1. The predicted molar refractivity (Wildman–Crippen MR) is 169 cm³/mol. The molecule has 1 amide bonds. The first-order valence-electron chi connectivity index (χ1n) is 13.8. The van der Waals surface area contributed by atoms with Crippen molar-refractivity contribution in [3.8, 4) is 22.8 Å². The van der Waals surface area contributed by atoms with Crippen molar-refractivity contribution < 1.29 is 9.90 Å². The lowest BCUT2D eigenvalue weighted by Gasteiger charge is -2.14. The van der Waals surface area contributed by atoms with Crippen LogP contribution in [-0.2, 0) is 4.79 Å². The summed E-state index contributed by atoms with van der Waals surface area (Å²) in [5.74, 6) is -0.453. The third kappa shape index (κ3) is 5.11. The van der Waals surface area contributed by atoms with Gasteiger partial charge in [-0.2, -0.15) is 15.2 Å². The first kappa shape index (κ1) is 25.9. The maximum absolute atomic E-state index is 13.9. The second kappa shape index (κ2) is 11.1. The molecular weight excluding hydrogens is 534 g/mol. The number of para-hydroxylation sites is 2. The lowest BCUT2D eigenvalue weighted by molar-refractivity contribution is -0.123. The summed E-state index contributed by atoms with van der Waals surface area (Å²) >= 11 is 0. The number of benzene rings is 4. The molecule has 7 nitrogen and oxygen atoms in total. The van der Waals surface area contributed by atoms with Crippen LogP contribution < -0.4 is 0 Å². The van der Waals surface area contributed by atoms with Crippen molar-refractivity contribution in [3.63, 3.8) is 0 Å². The van der Waals surface area contributed by atoms with Crippen molar-refractivity contribution in [1.82, 2.24) is 19.8 Å². The van der Waals surface area contributed by atoms with Crippen LogP contribution >= 0.6 is 0 Å². The van der Waals surface area contributed by atoms with Crippen LogP contribution in [0, 0.1) is 0 Å². The fourth-order valence-electron chi connectivity index (χ4n) is 5.07. The summed E-state index contributed by atoms with van der Waals surface area (Å²) in [6, 6.07) is 38.7. The van der Waals surface area contributed by atoms with Crippen LogP contribution in [0.15, 0.2) is 144 Å². The molecule has 2 aromatic heterocycles. The summed E-state index contributed by atoms with van der Waals surface area (Å²) in [6.45, 7) is 0. The van der Waals surface area contributed by atoms with E-state index in [1.165, 1.54) is 11.2 Å². The molecule has 0 unspecified atom stereocenters. The minimum atomic E-state index is -0.296. The molecule has 3 heterocycles. The van der Waals surface area contributed by atoms with Gasteiger partial charge in [-0.1, -0.05) is 97.1 Å². The number of aromatic nitrogens is 3. The fourth-order valence-corrected chi connectivity index (χ4v) is 5.07. The Morgan fingerprint density at radius 1 is 0.744 bits per heavy atom. The Balaban J connectivity index is 1.31. The molecule has 206 valence electrons. The van der Waals surface area contributed by atoms with Gasteiger partial charge < -0.3 is 5.11 Å². The van der Waals surface area contributed by atoms with Gasteiger partial charge >= 0.3 is 0 Å². The number of nitrogens with zero attached hydrogens (tertiary/aromatic N) is 5. The largest absolute Gasteiger partial charge is 0.493 e. The summed E-state index contributed by atoms with van der Waals surface area (Å²) in [4.78, 5) is 18.2. The molecule has 1 aliphatic heterocycles. The van der Waals surface area contributed by atoms with Crippen molar-refractivity contribution >= 4 is 34.8 Å². The Bertz CT molecular complexity index is 2050. The van der Waals surface area contributed by atoms with Gasteiger partial charge in [-0.15, -0.1) is 0 Å². The highest BCUT2D eigenvalue weighted by Crippen LogP contribution is 2.33. The normalized spacial score (nSPS) is 14.2. The van der Waals surface area contributed by atoms with Crippen molar-refractivity contribution in [2.75, 3.05) is 0 Å². The molecule has 0 aliphatic carbocycles. The van der Waals surface area contributed by atoms with Crippen LogP contribution in [0.5, 0.6) is 5.88 Å². The van der Waals surface area contributed by atoms with Gasteiger partial charge in [0.25, 0.3) is 5.91 Å². The Labute approximate surface area is 248 Å². The molecule has 0 bridgehead atoms. The molecule has 0 spiro atoms. The van der Waals surface area contributed by atoms with Gasteiger partial charge in [-0.05, 0) is 36.4 Å². The number of hydrazone groups is 1. The third-order valence-electron chi connectivity index (χ3n) is 7.20. The van der Waals surface area contributed by atoms with E-state index < -0.39 is 0 Å². The number of aromatic hydroxyl groups is 1. The zero-order valence-corrected chi connectivity index (χ0v) is 22.9. The maximum atomic E-state index is 13.9. The van der Waals surface area contributed by atoms with Crippen LogP contribution in [-0.4, -0.2) is 37.0 Å². The van der Waals surface area contributed by atoms with Gasteiger partial charge in [0.15, 0.2) is 0 Å². The molecule has 4 aromatic carbocycles. The van der Waals surface area contributed by atoms with Gasteiger partial charge in [-0.25, -0.2) is 9.67 Å². The molecule has 1 N–H and O–H groups in total. The third-order valence-corrected chi connectivity index (χ3v) is 7.20. The number of carbonyl (C=O) groups excluding carboxylic acids is 1. The molecule has 0 radical (unpaired) electrons. The van der Waals surface area contributed by atoms with E-state index in [1.54, 1.807) is 6.07 Å². The van der Waals surface area contributed by atoms with Gasteiger partial charge in [0.05, 0.1) is 34.4 Å². The van der Waals surface area contributed by atoms with Gasteiger partial charge in [0, 0.05) is 33.8 Å². The molecule has 43 heavy (non-hydrogen) atoms. The topological polar surface area (TPSA) is 83.6 Å². The van der Waals surface area contributed by atoms with Gasteiger partial charge in [-0.3, -0.25) is 4.79 Å². The molecule has 0 atom stereocenters. The van der Waals surface area contributed by atoms with Crippen LogP contribution in [0.2, 0.25) is 0 Å². The molecule has 7 heteroatoms. The van der Waals surface area contributed by atoms with Crippen LogP contribution in [0.3, 0.4) is 0 Å². The van der Waals surface area contributed by atoms with E-state index in [1.807, 2.05) is 138 Å². The lowest BCUT2D eigenvalue weighted by atomic mass is 10.1. The molecule has 6 aromatic rings. The van der Waals surface area contributed by atoms with Gasteiger partial charge in [0.1, 0.15) is 0 Å². The Morgan fingerprint density at radius 2 is 1.40 bits per heavy atom. The second-order valence-corrected chi connectivity index (χ2v) is 10.0. The number of rotatable bonds is 6. The second-order valence-electron chi connectivity index (χ2n) is 10.0. The average Bonchev–Trinajstić information content (AvgIpc) is 3.62. The highest BCUT2D eigenvalue weighted by molar-refractivity contribution is 6.11. The van der Waals surface area contributed by atoms with E-state index >= 15 is 0 Å². The average molecular weight is 560 g/mol.